The molecule has 1 aromatic carbocycles. The third-order valence-corrected chi connectivity index (χ3v) is 2.11. The number of carbonyl (C=O) groups excluding carboxylic acids is 1. The fraction of sp³-hybridized carbons (Fsp3) is 0.250. The number of nitro groups is 1. The van der Waals surface area contributed by atoms with Gasteiger partial charge in [0.2, 0.25) is 0 Å². The second-order valence-corrected chi connectivity index (χ2v) is 3.56. The minimum Gasteiger partial charge on any atom is -0.384 e. The summed E-state index contributed by atoms with van der Waals surface area (Å²) in [7, 11) is 0. The molecule has 6 nitrogen and oxygen atoms in total. The van der Waals surface area contributed by atoms with E-state index in [0.717, 1.165) is 6.42 Å². The molecular weight excluding hydrogens is 234 g/mol. The molecule has 0 aliphatic rings. The molecule has 0 unspecified atom stereocenters. The predicted molar refractivity (Wildman–Crippen MR) is 67.3 cm³/mol. The summed E-state index contributed by atoms with van der Waals surface area (Å²) in [6.07, 6.45) is 2.04. The van der Waals surface area contributed by atoms with Crippen molar-refractivity contribution in [3.8, 4) is 0 Å². The fourth-order valence-corrected chi connectivity index (χ4v) is 1.23. The fourth-order valence-electron chi connectivity index (χ4n) is 1.23. The Morgan fingerprint density at radius 3 is 2.61 bits per heavy atom. The van der Waals surface area contributed by atoms with Crippen molar-refractivity contribution in [3.05, 3.63) is 58.0 Å². The molecule has 1 amide bonds. The van der Waals surface area contributed by atoms with E-state index in [2.05, 4.69) is 10.6 Å². The van der Waals surface area contributed by atoms with Crippen molar-refractivity contribution >= 4 is 5.91 Å². The molecule has 2 N–H and O–H groups in total. The summed E-state index contributed by atoms with van der Waals surface area (Å²) in [5.41, 5.74) is 0.376. The Labute approximate surface area is 105 Å². The zero-order chi connectivity index (χ0) is 13.4. The number of hydrogen-bond donors (Lipinski definition) is 2. The Kier molecular flexibility index (Phi) is 5.37. The maximum absolute atomic E-state index is 11.7. The topological polar surface area (TPSA) is 84.3 Å². The summed E-state index contributed by atoms with van der Waals surface area (Å²) >= 11 is 0. The molecular formula is C12H15N3O3. The van der Waals surface area contributed by atoms with Gasteiger partial charge in [-0.25, -0.2) is 10.1 Å². The SMILES string of the molecule is CCCN/C=C(/NC(=O)c1ccccc1)[N+](=O)[O-]. The molecule has 0 aliphatic carbocycles. The Balaban J connectivity index is 2.70. The summed E-state index contributed by atoms with van der Waals surface area (Å²) in [6, 6.07) is 8.34. The molecule has 6 heteroatoms. The lowest BCUT2D eigenvalue weighted by Crippen LogP contribution is -2.28. The van der Waals surface area contributed by atoms with Crippen LogP contribution in [-0.4, -0.2) is 17.4 Å². The van der Waals surface area contributed by atoms with Gasteiger partial charge in [0.25, 0.3) is 0 Å². The molecule has 0 radical (unpaired) electrons. The molecule has 0 saturated carbocycles. The van der Waals surface area contributed by atoms with Crippen molar-refractivity contribution in [2.45, 2.75) is 13.3 Å². The summed E-state index contributed by atoms with van der Waals surface area (Å²) in [6.45, 7) is 2.55. The molecule has 96 valence electrons. The van der Waals surface area contributed by atoms with Crippen LogP contribution in [0.25, 0.3) is 0 Å². The van der Waals surface area contributed by atoms with Crippen LogP contribution < -0.4 is 10.6 Å². The van der Waals surface area contributed by atoms with Crippen LogP contribution in [-0.2, 0) is 0 Å². The van der Waals surface area contributed by atoms with E-state index in [0.29, 0.717) is 12.1 Å². The van der Waals surface area contributed by atoms with Gasteiger partial charge in [0.1, 0.15) is 0 Å². The third kappa shape index (κ3) is 4.25. The number of benzene rings is 1. The van der Waals surface area contributed by atoms with Gasteiger partial charge in [-0.2, -0.15) is 0 Å². The lowest BCUT2D eigenvalue weighted by molar-refractivity contribution is -0.430. The zero-order valence-electron chi connectivity index (χ0n) is 10.1. The summed E-state index contributed by atoms with van der Waals surface area (Å²) in [5, 5.41) is 15.8. The van der Waals surface area contributed by atoms with E-state index in [1.54, 1.807) is 30.3 Å². The van der Waals surface area contributed by atoms with Gasteiger partial charge in [-0.3, -0.25) is 0 Å². The van der Waals surface area contributed by atoms with Crippen molar-refractivity contribution in [2.75, 3.05) is 6.54 Å². The molecule has 0 fully saturated rings. The monoisotopic (exact) mass is 249 g/mol. The normalized spacial score (nSPS) is 10.8. The van der Waals surface area contributed by atoms with Crippen LogP contribution in [0.2, 0.25) is 0 Å². The quantitative estimate of drug-likeness (QED) is 0.454. The Morgan fingerprint density at radius 1 is 1.39 bits per heavy atom. The second kappa shape index (κ2) is 7.05. The zero-order valence-corrected chi connectivity index (χ0v) is 10.1. The van der Waals surface area contributed by atoms with E-state index in [1.807, 2.05) is 6.92 Å². The van der Waals surface area contributed by atoms with E-state index >= 15 is 0 Å². The van der Waals surface area contributed by atoms with Gasteiger partial charge in [0.15, 0.2) is 0 Å². The van der Waals surface area contributed by atoms with Gasteiger partial charge in [-0.1, -0.05) is 25.1 Å². The van der Waals surface area contributed by atoms with Crippen LogP contribution in [0.4, 0.5) is 0 Å². The molecule has 0 aliphatic heterocycles. The van der Waals surface area contributed by atoms with Crippen molar-refractivity contribution in [1.82, 2.24) is 10.6 Å². The van der Waals surface area contributed by atoms with Crippen molar-refractivity contribution in [3.63, 3.8) is 0 Å². The van der Waals surface area contributed by atoms with Crippen molar-refractivity contribution in [1.29, 1.82) is 0 Å². The highest BCUT2D eigenvalue weighted by atomic mass is 16.6. The number of amides is 1. The van der Waals surface area contributed by atoms with Crippen molar-refractivity contribution < 1.29 is 9.72 Å². The number of carbonyl (C=O) groups is 1. The number of nitrogens with one attached hydrogen (secondary N) is 2. The first-order valence-electron chi connectivity index (χ1n) is 5.59. The standard InChI is InChI=1S/C12H15N3O3/c1-2-8-13-9-11(15(17)18)14-12(16)10-6-4-3-5-7-10/h3-7,9,13H,2,8H2,1H3,(H,14,16)/b11-9-. The predicted octanol–water partition coefficient (Wildman–Crippen LogP) is 1.49. The maximum Gasteiger partial charge on any atom is 0.339 e. The number of hydrogen-bond acceptors (Lipinski definition) is 4. The average Bonchev–Trinajstić information content (AvgIpc) is 2.38. The van der Waals surface area contributed by atoms with Crippen LogP contribution in [0.1, 0.15) is 23.7 Å². The molecule has 0 aromatic heterocycles. The summed E-state index contributed by atoms with van der Waals surface area (Å²) in [5.74, 6) is -0.867. The third-order valence-electron chi connectivity index (χ3n) is 2.11. The smallest absolute Gasteiger partial charge is 0.339 e. The van der Waals surface area contributed by atoms with Crippen LogP contribution in [0, 0.1) is 10.1 Å². The summed E-state index contributed by atoms with van der Waals surface area (Å²) in [4.78, 5) is 21.8. The highest BCUT2D eigenvalue weighted by Gasteiger charge is 2.16. The van der Waals surface area contributed by atoms with E-state index in [-0.39, 0.29) is 5.82 Å². The first-order chi connectivity index (χ1) is 8.65. The van der Waals surface area contributed by atoms with E-state index in [1.165, 1.54) is 6.20 Å². The van der Waals surface area contributed by atoms with Crippen molar-refractivity contribution in [2.24, 2.45) is 0 Å². The van der Waals surface area contributed by atoms with Crippen LogP contribution in [0.5, 0.6) is 0 Å². The Hall–Kier alpha value is -2.37. The number of rotatable bonds is 6. The van der Waals surface area contributed by atoms with Crippen LogP contribution >= 0.6 is 0 Å². The molecule has 0 spiro atoms. The number of nitrogens with zero attached hydrogens (tertiary/aromatic N) is 1. The second-order valence-electron chi connectivity index (χ2n) is 3.56. The van der Waals surface area contributed by atoms with Gasteiger partial charge in [-0.15, -0.1) is 0 Å². The van der Waals surface area contributed by atoms with E-state index in [4.69, 9.17) is 0 Å². The first-order valence-corrected chi connectivity index (χ1v) is 5.59. The van der Waals surface area contributed by atoms with Gasteiger partial charge < -0.3 is 15.4 Å². The van der Waals surface area contributed by atoms with E-state index < -0.39 is 10.8 Å². The van der Waals surface area contributed by atoms with Gasteiger partial charge in [0, 0.05) is 6.54 Å². The molecule has 0 bridgehead atoms. The highest BCUT2D eigenvalue weighted by Crippen LogP contribution is 2.00. The average molecular weight is 249 g/mol. The summed E-state index contributed by atoms with van der Waals surface area (Å²) < 4.78 is 0. The van der Waals surface area contributed by atoms with Crippen LogP contribution in [0.15, 0.2) is 42.4 Å². The van der Waals surface area contributed by atoms with Crippen LogP contribution in [0.3, 0.4) is 0 Å². The largest absolute Gasteiger partial charge is 0.384 e. The lowest BCUT2D eigenvalue weighted by atomic mass is 10.2. The lowest BCUT2D eigenvalue weighted by Gasteiger charge is -2.03. The Bertz CT molecular complexity index is 443. The first kappa shape index (κ1) is 13.7. The molecule has 0 atom stereocenters. The molecule has 0 saturated heterocycles. The highest BCUT2D eigenvalue weighted by molar-refractivity contribution is 5.94. The minimum absolute atomic E-state index is 0.364. The maximum atomic E-state index is 11.7. The molecule has 18 heavy (non-hydrogen) atoms. The Morgan fingerprint density at radius 2 is 2.06 bits per heavy atom. The molecule has 1 rings (SSSR count). The minimum atomic E-state index is -0.635. The van der Waals surface area contributed by atoms with Gasteiger partial charge in [0.05, 0.1) is 11.8 Å². The van der Waals surface area contributed by atoms with Gasteiger partial charge in [-0.05, 0) is 23.5 Å². The molecule has 0 heterocycles. The van der Waals surface area contributed by atoms with Gasteiger partial charge >= 0.3 is 11.7 Å². The van der Waals surface area contributed by atoms with E-state index in [9.17, 15) is 14.9 Å². The molecule has 1 aromatic rings.